The fourth-order valence-corrected chi connectivity index (χ4v) is 4.86. The van der Waals surface area contributed by atoms with Crippen molar-refractivity contribution in [3.05, 3.63) is 0 Å². The van der Waals surface area contributed by atoms with E-state index in [2.05, 4.69) is 34.4 Å². The molecular weight excluding hydrogens is 316 g/mol. The first kappa shape index (κ1) is 18.9. The summed E-state index contributed by atoms with van der Waals surface area (Å²) in [5, 5.41) is 7.35. The zero-order valence-electron chi connectivity index (χ0n) is 16.4. The molecule has 1 saturated carbocycles. The van der Waals surface area contributed by atoms with Gasteiger partial charge in [0.25, 0.3) is 0 Å². The number of rotatable bonds is 6. The molecule has 144 valence electrons. The van der Waals surface area contributed by atoms with Crippen LogP contribution in [0.3, 0.4) is 0 Å². The molecule has 1 aliphatic carbocycles. The van der Waals surface area contributed by atoms with Crippen molar-refractivity contribution in [3.63, 3.8) is 0 Å². The van der Waals surface area contributed by atoms with Gasteiger partial charge in [0.15, 0.2) is 5.96 Å². The molecule has 0 spiro atoms. The van der Waals surface area contributed by atoms with E-state index in [1.54, 1.807) is 7.11 Å². The molecule has 0 radical (unpaired) electrons. The predicted molar refractivity (Wildman–Crippen MR) is 101 cm³/mol. The van der Waals surface area contributed by atoms with E-state index < -0.39 is 0 Å². The first-order chi connectivity index (χ1) is 12.1. The monoisotopic (exact) mass is 352 g/mol. The molecule has 0 aromatic heterocycles. The number of hydrogen-bond donors (Lipinski definition) is 2. The SMILES string of the molecule is CN=C(NC1CCN(CCCOC)CC1)NC1C2CCOC2C1(C)C. The van der Waals surface area contributed by atoms with Crippen molar-refractivity contribution in [2.24, 2.45) is 16.3 Å². The molecule has 2 N–H and O–H groups in total. The Morgan fingerprint density at radius 2 is 2.00 bits per heavy atom. The molecule has 2 heterocycles. The lowest BCUT2D eigenvalue weighted by molar-refractivity contribution is -0.106. The highest BCUT2D eigenvalue weighted by molar-refractivity contribution is 5.80. The number of guanidine groups is 1. The van der Waals surface area contributed by atoms with Gasteiger partial charge < -0.3 is 25.0 Å². The third-order valence-corrected chi connectivity index (χ3v) is 6.37. The van der Waals surface area contributed by atoms with E-state index in [1.807, 2.05) is 7.05 Å². The van der Waals surface area contributed by atoms with Gasteiger partial charge in [-0.1, -0.05) is 13.8 Å². The molecule has 6 nitrogen and oxygen atoms in total. The van der Waals surface area contributed by atoms with E-state index >= 15 is 0 Å². The number of likely N-dealkylation sites (tertiary alicyclic amines) is 1. The maximum Gasteiger partial charge on any atom is 0.191 e. The average Bonchev–Trinajstić information content (AvgIpc) is 3.07. The van der Waals surface area contributed by atoms with Crippen LogP contribution < -0.4 is 10.6 Å². The molecule has 0 aromatic rings. The van der Waals surface area contributed by atoms with Crippen LogP contribution in [0.4, 0.5) is 0 Å². The second-order valence-corrected chi connectivity index (χ2v) is 8.37. The Bertz CT molecular complexity index is 460. The van der Waals surface area contributed by atoms with Crippen LogP contribution in [0.2, 0.25) is 0 Å². The van der Waals surface area contributed by atoms with Gasteiger partial charge in [0.1, 0.15) is 0 Å². The van der Waals surface area contributed by atoms with Crippen LogP contribution in [0.25, 0.3) is 0 Å². The normalized spacial score (nSPS) is 33.0. The smallest absolute Gasteiger partial charge is 0.191 e. The second-order valence-electron chi connectivity index (χ2n) is 8.37. The highest BCUT2D eigenvalue weighted by Crippen LogP contribution is 2.52. The van der Waals surface area contributed by atoms with Gasteiger partial charge in [0.2, 0.25) is 0 Å². The van der Waals surface area contributed by atoms with Crippen LogP contribution in [0, 0.1) is 11.3 Å². The van der Waals surface area contributed by atoms with Gasteiger partial charge in [-0.2, -0.15) is 0 Å². The number of piperidine rings is 1. The molecule has 3 unspecified atom stereocenters. The highest BCUT2D eigenvalue weighted by Gasteiger charge is 2.59. The maximum absolute atomic E-state index is 5.90. The Hall–Kier alpha value is -0.850. The second kappa shape index (κ2) is 8.23. The number of ether oxygens (including phenoxy) is 2. The summed E-state index contributed by atoms with van der Waals surface area (Å²) in [5.74, 6) is 1.59. The summed E-state index contributed by atoms with van der Waals surface area (Å²) in [6.07, 6.45) is 5.06. The molecule has 2 saturated heterocycles. The van der Waals surface area contributed by atoms with Crippen molar-refractivity contribution in [1.82, 2.24) is 15.5 Å². The average molecular weight is 353 g/mol. The van der Waals surface area contributed by atoms with E-state index in [4.69, 9.17) is 9.47 Å². The summed E-state index contributed by atoms with van der Waals surface area (Å²) in [4.78, 5) is 7.03. The van der Waals surface area contributed by atoms with Crippen molar-refractivity contribution in [3.8, 4) is 0 Å². The molecule has 3 atom stereocenters. The zero-order chi connectivity index (χ0) is 17.9. The van der Waals surface area contributed by atoms with Crippen LogP contribution in [0.15, 0.2) is 4.99 Å². The van der Waals surface area contributed by atoms with Crippen LogP contribution in [-0.2, 0) is 9.47 Å². The zero-order valence-corrected chi connectivity index (χ0v) is 16.4. The Balaban J connectivity index is 1.43. The molecule has 25 heavy (non-hydrogen) atoms. The first-order valence-corrected chi connectivity index (χ1v) is 9.89. The van der Waals surface area contributed by atoms with Crippen molar-refractivity contribution < 1.29 is 9.47 Å². The first-order valence-electron chi connectivity index (χ1n) is 9.89. The lowest BCUT2D eigenvalue weighted by Gasteiger charge is -2.55. The van der Waals surface area contributed by atoms with E-state index in [9.17, 15) is 0 Å². The number of nitrogens with one attached hydrogen (secondary N) is 2. The molecule has 0 bridgehead atoms. The maximum atomic E-state index is 5.90. The third-order valence-electron chi connectivity index (χ3n) is 6.37. The van der Waals surface area contributed by atoms with E-state index in [0.717, 1.165) is 45.2 Å². The lowest BCUT2D eigenvalue weighted by atomic mass is 9.57. The van der Waals surface area contributed by atoms with Crippen molar-refractivity contribution in [1.29, 1.82) is 0 Å². The molecule has 0 aromatic carbocycles. The molecule has 2 aliphatic heterocycles. The topological polar surface area (TPSA) is 58.1 Å². The van der Waals surface area contributed by atoms with Crippen LogP contribution in [-0.4, -0.2) is 76.1 Å². The molecular formula is C19H36N4O2. The van der Waals surface area contributed by atoms with E-state index in [0.29, 0.717) is 24.1 Å². The summed E-state index contributed by atoms with van der Waals surface area (Å²) >= 11 is 0. The van der Waals surface area contributed by atoms with Crippen LogP contribution in [0.1, 0.15) is 39.5 Å². The van der Waals surface area contributed by atoms with Crippen LogP contribution >= 0.6 is 0 Å². The third kappa shape index (κ3) is 4.12. The van der Waals surface area contributed by atoms with Gasteiger partial charge in [-0.15, -0.1) is 0 Å². The molecule has 6 heteroatoms. The summed E-state index contributed by atoms with van der Waals surface area (Å²) < 4.78 is 11.0. The number of methoxy groups -OCH3 is 1. The largest absolute Gasteiger partial charge is 0.385 e. The summed E-state index contributed by atoms with van der Waals surface area (Å²) in [5.41, 5.74) is 0.184. The van der Waals surface area contributed by atoms with Gasteiger partial charge in [-0.25, -0.2) is 0 Å². The minimum Gasteiger partial charge on any atom is -0.385 e. The van der Waals surface area contributed by atoms with Crippen molar-refractivity contribution in [2.45, 2.75) is 57.7 Å². The minimum absolute atomic E-state index is 0.184. The van der Waals surface area contributed by atoms with Crippen molar-refractivity contribution >= 4 is 5.96 Å². The summed E-state index contributed by atoms with van der Waals surface area (Å²) in [6, 6.07) is 0.976. The number of hydrogen-bond acceptors (Lipinski definition) is 4. The lowest BCUT2D eigenvalue weighted by Crippen LogP contribution is -2.68. The van der Waals surface area contributed by atoms with Gasteiger partial charge in [-0.05, 0) is 25.7 Å². The van der Waals surface area contributed by atoms with Gasteiger partial charge >= 0.3 is 0 Å². The minimum atomic E-state index is 0.184. The van der Waals surface area contributed by atoms with Gasteiger partial charge in [0.05, 0.1) is 6.10 Å². The van der Waals surface area contributed by atoms with Gasteiger partial charge in [-0.3, -0.25) is 4.99 Å². The standard InChI is InChI=1S/C19H36N4O2/c1-19(2)16(15-8-13-25-17(15)19)22-18(20-3)21-14-6-10-23(11-7-14)9-5-12-24-4/h14-17H,5-13H2,1-4H3,(H2,20,21,22). The number of fused-ring (bicyclic) bond motifs is 1. The van der Waals surface area contributed by atoms with Crippen LogP contribution in [0.5, 0.6) is 0 Å². The van der Waals surface area contributed by atoms with E-state index in [-0.39, 0.29) is 5.41 Å². The highest BCUT2D eigenvalue weighted by atomic mass is 16.5. The van der Waals surface area contributed by atoms with Crippen molar-refractivity contribution in [2.75, 3.05) is 47.0 Å². The fraction of sp³-hybridized carbons (Fsp3) is 0.947. The summed E-state index contributed by atoms with van der Waals surface area (Å²) in [6.45, 7) is 9.85. The Labute approximate surface area is 152 Å². The number of aliphatic imine (C=N–C) groups is 1. The Kier molecular flexibility index (Phi) is 6.23. The van der Waals surface area contributed by atoms with E-state index in [1.165, 1.54) is 19.3 Å². The summed E-state index contributed by atoms with van der Waals surface area (Å²) in [7, 11) is 3.65. The molecule has 3 fully saturated rings. The van der Waals surface area contributed by atoms with Gasteiger partial charge in [0, 0.05) is 70.4 Å². The molecule has 3 rings (SSSR count). The number of nitrogens with zero attached hydrogens (tertiary/aromatic N) is 2. The molecule has 3 aliphatic rings. The Morgan fingerprint density at radius 1 is 1.24 bits per heavy atom. The Morgan fingerprint density at radius 3 is 2.68 bits per heavy atom. The fourth-order valence-electron chi connectivity index (χ4n) is 4.86. The quantitative estimate of drug-likeness (QED) is 0.431. The molecule has 0 amide bonds. The predicted octanol–water partition coefficient (Wildman–Crippen LogP) is 1.47.